The first-order valence-corrected chi connectivity index (χ1v) is 12.7. The highest BCUT2D eigenvalue weighted by atomic mass is 32.2. The fraction of sp³-hybridized carbons (Fsp3) is 0.522. The van der Waals surface area contributed by atoms with Gasteiger partial charge in [0.25, 0.3) is 0 Å². The lowest BCUT2D eigenvalue weighted by Crippen LogP contribution is -2.37. The van der Waals surface area contributed by atoms with Crippen molar-refractivity contribution >= 4 is 27.4 Å². The van der Waals surface area contributed by atoms with Crippen LogP contribution in [-0.2, 0) is 24.1 Å². The average molecular weight is 477 g/mol. The molecule has 0 aliphatic carbocycles. The quantitative estimate of drug-likeness (QED) is 0.697. The lowest BCUT2D eigenvalue weighted by atomic mass is 10.1. The molecular weight excluding hydrogens is 444 g/mol. The van der Waals surface area contributed by atoms with E-state index in [0.29, 0.717) is 54.9 Å². The van der Waals surface area contributed by atoms with Gasteiger partial charge < -0.3 is 14.4 Å². The Labute approximate surface area is 195 Å². The Morgan fingerprint density at radius 2 is 1.67 bits per heavy atom. The molecule has 0 atom stereocenters. The summed E-state index contributed by atoms with van der Waals surface area (Å²) in [6.07, 6.45) is 0.665. The molecule has 0 spiro atoms. The molecule has 33 heavy (non-hydrogen) atoms. The van der Waals surface area contributed by atoms with Crippen LogP contribution in [0.3, 0.4) is 0 Å². The van der Waals surface area contributed by atoms with Gasteiger partial charge in [0.05, 0.1) is 18.9 Å². The number of benzene rings is 1. The molecule has 1 N–H and O–H groups in total. The lowest BCUT2D eigenvalue weighted by Gasteiger charge is -2.30. The standard InChI is InChI=1S/C23H32N4O5S/c1-22(2,3)32-21(28)24-17-9-7-16(8-10-17)20-25-18(23(4,5)33(6,29)30)15-19(26-20)27-11-13-31-14-12-27/h7-10,15H,11-14H2,1-6H3,(H,24,28). The fourth-order valence-electron chi connectivity index (χ4n) is 3.14. The average Bonchev–Trinajstić information content (AvgIpc) is 2.72. The minimum atomic E-state index is -3.43. The minimum absolute atomic E-state index is 0.412. The number of hydrogen-bond donors (Lipinski definition) is 1. The van der Waals surface area contributed by atoms with Crippen molar-refractivity contribution in [2.24, 2.45) is 0 Å². The van der Waals surface area contributed by atoms with Gasteiger partial charge in [-0.15, -0.1) is 0 Å². The smallest absolute Gasteiger partial charge is 0.412 e. The van der Waals surface area contributed by atoms with E-state index in [9.17, 15) is 13.2 Å². The Bertz CT molecular complexity index is 1100. The molecule has 1 amide bonds. The zero-order valence-electron chi connectivity index (χ0n) is 20.0. The third-order valence-corrected chi connectivity index (χ3v) is 7.44. The van der Waals surface area contributed by atoms with Crippen LogP contribution in [0.5, 0.6) is 0 Å². The van der Waals surface area contributed by atoms with E-state index in [1.54, 1.807) is 65.0 Å². The first kappa shape index (κ1) is 24.9. The number of sulfone groups is 1. The summed E-state index contributed by atoms with van der Waals surface area (Å²) in [7, 11) is -3.43. The van der Waals surface area contributed by atoms with Crippen molar-refractivity contribution in [3.63, 3.8) is 0 Å². The number of ether oxygens (including phenoxy) is 2. The number of rotatable bonds is 5. The third kappa shape index (κ3) is 6.20. The number of morpholine rings is 1. The summed E-state index contributed by atoms with van der Waals surface area (Å²) in [6, 6.07) is 8.76. The van der Waals surface area contributed by atoms with E-state index < -0.39 is 26.3 Å². The Morgan fingerprint density at radius 3 is 2.21 bits per heavy atom. The van der Waals surface area contributed by atoms with Crippen LogP contribution in [0.2, 0.25) is 0 Å². The van der Waals surface area contributed by atoms with E-state index in [2.05, 4.69) is 15.2 Å². The summed E-state index contributed by atoms with van der Waals surface area (Å²) in [5, 5.41) is 2.69. The molecule has 0 radical (unpaired) electrons. The molecule has 0 unspecified atom stereocenters. The molecule has 1 aromatic carbocycles. The predicted molar refractivity (Wildman–Crippen MR) is 128 cm³/mol. The number of nitrogens with zero attached hydrogens (tertiary/aromatic N) is 3. The third-order valence-electron chi connectivity index (χ3n) is 5.38. The van der Waals surface area contributed by atoms with E-state index in [1.807, 2.05) is 0 Å². The molecule has 1 aliphatic heterocycles. The van der Waals surface area contributed by atoms with E-state index in [4.69, 9.17) is 14.5 Å². The van der Waals surface area contributed by atoms with Crippen molar-refractivity contribution in [1.82, 2.24) is 9.97 Å². The normalized spacial score (nSPS) is 15.3. The van der Waals surface area contributed by atoms with Crippen LogP contribution in [0.4, 0.5) is 16.3 Å². The van der Waals surface area contributed by atoms with Gasteiger partial charge in [-0.25, -0.2) is 23.2 Å². The van der Waals surface area contributed by atoms with E-state index >= 15 is 0 Å². The van der Waals surface area contributed by atoms with Gasteiger partial charge in [0, 0.05) is 36.7 Å². The van der Waals surface area contributed by atoms with Gasteiger partial charge in [-0.05, 0) is 58.9 Å². The lowest BCUT2D eigenvalue weighted by molar-refractivity contribution is 0.0636. The van der Waals surface area contributed by atoms with Crippen LogP contribution in [-0.4, -0.2) is 62.6 Å². The molecule has 1 aliphatic rings. The van der Waals surface area contributed by atoms with Crippen LogP contribution < -0.4 is 10.2 Å². The molecule has 2 heterocycles. The van der Waals surface area contributed by atoms with Crippen molar-refractivity contribution in [3.8, 4) is 11.4 Å². The van der Waals surface area contributed by atoms with Crippen molar-refractivity contribution < 1.29 is 22.7 Å². The zero-order chi connectivity index (χ0) is 24.4. The number of carbonyl (C=O) groups is 1. The van der Waals surface area contributed by atoms with Gasteiger partial charge in [0.15, 0.2) is 15.7 Å². The number of hydrogen-bond acceptors (Lipinski definition) is 8. The SMILES string of the molecule is CC(C)(C)OC(=O)Nc1ccc(-c2nc(N3CCOCC3)cc(C(C)(C)S(C)(=O)=O)n2)cc1. The molecule has 2 aromatic rings. The van der Waals surface area contributed by atoms with Gasteiger partial charge >= 0.3 is 6.09 Å². The molecule has 3 rings (SSSR count). The monoisotopic (exact) mass is 476 g/mol. The number of carbonyl (C=O) groups excluding carboxylic acids is 1. The van der Waals surface area contributed by atoms with Gasteiger partial charge in [0.1, 0.15) is 16.2 Å². The summed E-state index contributed by atoms with van der Waals surface area (Å²) < 4.78 is 34.5. The Balaban J connectivity index is 1.96. The van der Waals surface area contributed by atoms with E-state index in [-0.39, 0.29) is 0 Å². The number of amides is 1. The van der Waals surface area contributed by atoms with Gasteiger partial charge in [-0.3, -0.25) is 5.32 Å². The number of aromatic nitrogens is 2. The first-order chi connectivity index (χ1) is 15.3. The maximum atomic E-state index is 12.5. The van der Waals surface area contributed by atoms with Crippen molar-refractivity contribution in [1.29, 1.82) is 0 Å². The highest BCUT2D eigenvalue weighted by Gasteiger charge is 2.35. The van der Waals surface area contributed by atoms with Gasteiger partial charge in [-0.2, -0.15) is 0 Å². The zero-order valence-corrected chi connectivity index (χ0v) is 20.8. The van der Waals surface area contributed by atoms with Crippen molar-refractivity contribution in [2.45, 2.75) is 45.0 Å². The van der Waals surface area contributed by atoms with Crippen molar-refractivity contribution in [2.75, 3.05) is 42.8 Å². The van der Waals surface area contributed by atoms with E-state index in [0.717, 1.165) is 0 Å². The number of anilines is 2. The maximum absolute atomic E-state index is 12.5. The Morgan fingerprint density at radius 1 is 1.06 bits per heavy atom. The number of nitrogens with one attached hydrogen (secondary N) is 1. The molecule has 0 bridgehead atoms. The molecule has 9 nitrogen and oxygen atoms in total. The second-order valence-electron chi connectivity index (χ2n) is 9.52. The molecule has 0 saturated carbocycles. The second-order valence-corrected chi connectivity index (χ2v) is 12.1. The molecule has 10 heteroatoms. The largest absolute Gasteiger partial charge is 0.444 e. The summed E-state index contributed by atoms with van der Waals surface area (Å²) in [6.45, 7) is 11.2. The maximum Gasteiger partial charge on any atom is 0.412 e. The molecule has 1 aromatic heterocycles. The van der Waals surface area contributed by atoms with Crippen LogP contribution in [0.25, 0.3) is 11.4 Å². The molecule has 1 saturated heterocycles. The highest BCUT2D eigenvalue weighted by molar-refractivity contribution is 7.91. The second kappa shape index (κ2) is 9.26. The van der Waals surface area contributed by atoms with Crippen LogP contribution in [0.1, 0.15) is 40.3 Å². The summed E-state index contributed by atoms with van der Waals surface area (Å²) in [4.78, 5) is 23.4. The minimum Gasteiger partial charge on any atom is -0.444 e. The van der Waals surface area contributed by atoms with Crippen LogP contribution in [0.15, 0.2) is 30.3 Å². The first-order valence-electron chi connectivity index (χ1n) is 10.8. The van der Waals surface area contributed by atoms with Gasteiger partial charge in [0.2, 0.25) is 0 Å². The molecule has 1 fully saturated rings. The highest BCUT2D eigenvalue weighted by Crippen LogP contribution is 2.32. The van der Waals surface area contributed by atoms with Crippen LogP contribution >= 0.6 is 0 Å². The predicted octanol–water partition coefficient (Wildman–Crippen LogP) is 3.61. The topological polar surface area (TPSA) is 111 Å². The summed E-state index contributed by atoms with van der Waals surface area (Å²) in [5.41, 5.74) is 1.09. The summed E-state index contributed by atoms with van der Waals surface area (Å²) >= 11 is 0. The molecular formula is C23H32N4O5S. The van der Waals surface area contributed by atoms with E-state index in [1.165, 1.54) is 6.26 Å². The Kier molecular flexibility index (Phi) is 6.99. The van der Waals surface area contributed by atoms with Crippen LogP contribution in [0, 0.1) is 0 Å². The summed E-state index contributed by atoms with van der Waals surface area (Å²) in [5.74, 6) is 1.07. The fourth-order valence-corrected chi connectivity index (χ4v) is 3.62. The van der Waals surface area contributed by atoms with Crippen molar-refractivity contribution in [3.05, 3.63) is 36.0 Å². The Hall–Kier alpha value is -2.72. The molecule has 180 valence electrons. The van der Waals surface area contributed by atoms with Gasteiger partial charge in [-0.1, -0.05) is 0 Å².